The molecule has 0 spiro atoms. The Morgan fingerprint density at radius 2 is 1.84 bits per heavy atom. The molecule has 0 saturated heterocycles. The van der Waals surface area contributed by atoms with Crippen LogP contribution in [0.25, 0.3) is 22.4 Å². The molecule has 0 unspecified atom stereocenters. The van der Waals surface area contributed by atoms with Gasteiger partial charge in [-0.2, -0.15) is 10.2 Å². The minimum Gasteiger partial charge on any atom is -0.383 e. The molecular formula is C13H14N6. The second-order valence-corrected chi connectivity index (χ2v) is 4.37. The topological polar surface area (TPSA) is 74.5 Å². The van der Waals surface area contributed by atoms with E-state index in [2.05, 4.69) is 15.2 Å². The first-order chi connectivity index (χ1) is 9.16. The quantitative estimate of drug-likeness (QED) is 0.751. The molecule has 0 radical (unpaired) electrons. The Morgan fingerprint density at radius 3 is 2.47 bits per heavy atom. The molecule has 3 aromatic heterocycles. The Bertz CT molecular complexity index is 710. The Labute approximate surface area is 110 Å². The van der Waals surface area contributed by atoms with Crippen molar-refractivity contribution in [3.05, 3.63) is 36.9 Å². The lowest BCUT2D eigenvalue weighted by atomic mass is 10.0. The van der Waals surface area contributed by atoms with Crippen molar-refractivity contribution in [3.8, 4) is 22.4 Å². The van der Waals surface area contributed by atoms with E-state index < -0.39 is 0 Å². The number of rotatable bonds is 2. The summed E-state index contributed by atoms with van der Waals surface area (Å²) in [5.74, 6) is 0.630. The first-order valence-electron chi connectivity index (χ1n) is 5.88. The lowest BCUT2D eigenvalue weighted by Crippen LogP contribution is -1.97. The van der Waals surface area contributed by atoms with Crippen LogP contribution in [0.4, 0.5) is 5.82 Å². The normalized spacial score (nSPS) is 10.8. The van der Waals surface area contributed by atoms with Gasteiger partial charge in [-0.1, -0.05) is 0 Å². The predicted octanol–water partition coefficient (Wildman–Crippen LogP) is 1.46. The molecule has 0 aliphatic carbocycles. The fourth-order valence-corrected chi connectivity index (χ4v) is 2.09. The van der Waals surface area contributed by atoms with Crippen molar-refractivity contribution in [2.45, 2.75) is 0 Å². The van der Waals surface area contributed by atoms with E-state index in [1.54, 1.807) is 28.0 Å². The Hall–Kier alpha value is -2.63. The van der Waals surface area contributed by atoms with Crippen LogP contribution in [-0.4, -0.2) is 24.5 Å². The zero-order valence-corrected chi connectivity index (χ0v) is 10.8. The van der Waals surface area contributed by atoms with Crippen molar-refractivity contribution in [1.29, 1.82) is 0 Å². The smallest absolute Gasteiger partial charge is 0.129 e. The van der Waals surface area contributed by atoms with Gasteiger partial charge in [-0.15, -0.1) is 0 Å². The molecule has 0 aromatic carbocycles. The van der Waals surface area contributed by atoms with Crippen molar-refractivity contribution >= 4 is 5.82 Å². The van der Waals surface area contributed by atoms with Gasteiger partial charge in [0, 0.05) is 38.2 Å². The van der Waals surface area contributed by atoms with Crippen LogP contribution in [0.3, 0.4) is 0 Å². The molecule has 6 heteroatoms. The van der Waals surface area contributed by atoms with Gasteiger partial charge in [0.25, 0.3) is 0 Å². The summed E-state index contributed by atoms with van der Waals surface area (Å²) in [7, 11) is 3.71. The molecule has 0 aliphatic rings. The highest BCUT2D eigenvalue weighted by Gasteiger charge is 2.18. The molecule has 3 heterocycles. The van der Waals surface area contributed by atoms with E-state index in [1.807, 2.05) is 32.4 Å². The van der Waals surface area contributed by atoms with E-state index in [0.29, 0.717) is 5.82 Å². The van der Waals surface area contributed by atoms with E-state index in [1.165, 1.54) is 0 Å². The van der Waals surface area contributed by atoms with Crippen molar-refractivity contribution < 1.29 is 0 Å². The highest BCUT2D eigenvalue weighted by molar-refractivity contribution is 5.87. The van der Waals surface area contributed by atoms with Crippen molar-refractivity contribution in [2.75, 3.05) is 5.73 Å². The SMILES string of the molecule is Cn1cc(-c2nn(C)c(N)c2-c2ccncc2)cn1. The van der Waals surface area contributed by atoms with Crippen LogP contribution in [-0.2, 0) is 14.1 Å². The third-order valence-electron chi connectivity index (χ3n) is 3.04. The van der Waals surface area contributed by atoms with Gasteiger partial charge in [-0.05, 0) is 17.7 Å². The second-order valence-electron chi connectivity index (χ2n) is 4.37. The molecule has 2 N–H and O–H groups in total. The number of nitrogens with two attached hydrogens (primary N) is 1. The maximum atomic E-state index is 6.13. The van der Waals surface area contributed by atoms with Gasteiger partial charge in [0.05, 0.1) is 11.8 Å². The first-order valence-corrected chi connectivity index (χ1v) is 5.88. The lowest BCUT2D eigenvalue weighted by Gasteiger charge is -2.02. The van der Waals surface area contributed by atoms with E-state index in [4.69, 9.17) is 5.73 Å². The molecule has 6 nitrogen and oxygen atoms in total. The van der Waals surface area contributed by atoms with Crippen molar-refractivity contribution in [1.82, 2.24) is 24.5 Å². The summed E-state index contributed by atoms with van der Waals surface area (Å²) < 4.78 is 3.43. The van der Waals surface area contributed by atoms with E-state index >= 15 is 0 Å². The minimum atomic E-state index is 0.630. The number of nitrogen functional groups attached to an aromatic ring is 1. The number of anilines is 1. The Balaban J connectivity index is 2.24. The van der Waals surface area contributed by atoms with Crippen molar-refractivity contribution in [3.63, 3.8) is 0 Å². The number of aromatic nitrogens is 5. The molecule has 19 heavy (non-hydrogen) atoms. The highest BCUT2D eigenvalue weighted by atomic mass is 15.3. The van der Waals surface area contributed by atoms with Crippen LogP contribution < -0.4 is 5.73 Å². The van der Waals surface area contributed by atoms with Gasteiger partial charge in [0.15, 0.2) is 0 Å². The van der Waals surface area contributed by atoms with Crippen LogP contribution in [0, 0.1) is 0 Å². The number of aryl methyl sites for hydroxylation is 2. The number of nitrogens with zero attached hydrogens (tertiary/aromatic N) is 5. The second kappa shape index (κ2) is 4.24. The van der Waals surface area contributed by atoms with Crippen LogP contribution in [0.1, 0.15) is 0 Å². The predicted molar refractivity (Wildman–Crippen MR) is 73.1 cm³/mol. The third-order valence-corrected chi connectivity index (χ3v) is 3.04. The maximum absolute atomic E-state index is 6.13. The first kappa shape index (κ1) is 11.5. The van der Waals surface area contributed by atoms with Gasteiger partial charge < -0.3 is 5.73 Å². The Kier molecular flexibility index (Phi) is 2.56. The zero-order chi connectivity index (χ0) is 13.4. The summed E-state index contributed by atoms with van der Waals surface area (Å²) in [6.45, 7) is 0. The summed E-state index contributed by atoms with van der Waals surface area (Å²) in [4.78, 5) is 4.03. The molecule has 0 saturated carbocycles. The summed E-state index contributed by atoms with van der Waals surface area (Å²) in [6.07, 6.45) is 7.20. The summed E-state index contributed by atoms with van der Waals surface area (Å²) >= 11 is 0. The monoisotopic (exact) mass is 254 g/mol. The number of pyridine rings is 1. The van der Waals surface area contributed by atoms with Gasteiger partial charge in [0.2, 0.25) is 0 Å². The van der Waals surface area contributed by atoms with Gasteiger partial charge in [-0.3, -0.25) is 14.3 Å². The van der Waals surface area contributed by atoms with E-state index in [-0.39, 0.29) is 0 Å². The molecule has 0 amide bonds. The molecule has 0 bridgehead atoms. The number of hydrogen-bond acceptors (Lipinski definition) is 4. The molecule has 0 fully saturated rings. The summed E-state index contributed by atoms with van der Waals surface area (Å²) in [5.41, 5.74) is 9.83. The lowest BCUT2D eigenvalue weighted by molar-refractivity contribution is 0.767. The van der Waals surface area contributed by atoms with Gasteiger partial charge in [-0.25, -0.2) is 0 Å². The average molecular weight is 254 g/mol. The summed E-state index contributed by atoms with van der Waals surface area (Å²) in [5, 5.41) is 8.67. The maximum Gasteiger partial charge on any atom is 0.129 e. The van der Waals surface area contributed by atoms with Gasteiger partial charge >= 0.3 is 0 Å². The molecule has 0 atom stereocenters. The molecule has 0 aliphatic heterocycles. The van der Waals surface area contributed by atoms with E-state index in [0.717, 1.165) is 22.4 Å². The fraction of sp³-hybridized carbons (Fsp3) is 0.154. The fourth-order valence-electron chi connectivity index (χ4n) is 2.09. The van der Waals surface area contributed by atoms with Crippen LogP contribution in [0.15, 0.2) is 36.9 Å². The highest BCUT2D eigenvalue weighted by Crippen LogP contribution is 2.35. The summed E-state index contributed by atoms with van der Waals surface area (Å²) in [6, 6.07) is 3.85. The largest absolute Gasteiger partial charge is 0.383 e. The van der Waals surface area contributed by atoms with Crippen LogP contribution in [0.2, 0.25) is 0 Å². The standard InChI is InChI=1S/C13H14N6/c1-18-8-10(7-16-18)12-11(13(14)19(2)17-12)9-3-5-15-6-4-9/h3-8H,14H2,1-2H3. The average Bonchev–Trinajstić information content (AvgIpc) is 2.96. The van der Waals surface area contributed by atoms with Crippen LogP contribution >= 0.6 is 0 Å². The van der Waals surface area contributed by atoms with Crippen LogP contribution in [0.5, 0.6) is 0 Å². The Morgan fingerprint density at radius 1 is 1.11 bits per heavy atom. The molecule has 3 aromatic rings. The molecular weight excluding hydrogens is 240 g/mol. The van der Waals surface area contributed by atoms with E-state index in [9.17, 15) is 0 Å². The zero-order valence-electron chi connectivity index (χ0n) is 10.8. The third kappa shape index (κ3) is 1.87. The van der Waals surface area contributed by atoms with Gasteiger partial charge in [0.1, 0.15) is 11.5 Å². The van der Waals surface area contributed by atoms with Crippen molar-refractivity contribution in [2.24, 2.45) is 14.1 Å². The molecule has 3 rings (SSSR count). The number of hydrogen-bond donors (Lipinski definition) is 1. The minimum absolute atomic E-state index is 0.630. The molecule has 96 valence electrons.